The van der Waals surface area contributed by atoms with Crippen molar-refractivity contribution in [3.63, 3.8) is 0 Å². The third kappa shape index (κ3) is 3.00. The molecule has 2 heterocycles. The Morgan fingerprint density at radius 3 is 3.05 bits per heavy atom. The molecule has 114 valence electrons. The van der Waals surface area contributed by atoms with Crippen molar-refractivity contribution in [2.45, 2.75) is 31.8 Å². The molecular weight excluding hydrogens is 280 g/mol. The molecular formula is C16H18N4O2. The summed E-state index contributed by atoms with van der Waals surface area (Å²) in [6, 6.07) is 9.21. The Labute approximate surface area is 128 Å². The van der Waals surface area contributed by atoms with Gasteiger partial charge in [-0.3, -0.25) is 14.3 Å². The number of hydrogen-bond donors (Lipinski definition) is 2. The van der Waals surface area contributed by atoms with Gasteiger partial charge in [-0.15, -0.1) is 0 Å². The number of aromatic nitrogens is 2. The van der Waals surface area contributed by atoms with E-state index in [1.54, 1.807) is 10.9 Å². The molecule has 2 amide bonds. The molecule has 1 aliphatic rings. The van der Waals surface area contributed by atoms with Crippen LogP contribution in [-0.4, -0.2) is 27.6 Å². The molecule has 2 N–H and O–H groups in total. The smallest absolute Gasteiger partial charge is 0.228 e. The van der Waals surface area contributed by atoms with Gasteiger partial charge in [-0.1, -0.05) is 18.2 Å². The molecule has 22 heavy (non-hydrogen) atoms. The molecule has 0 saturated carbocycles. The lowest BCUT2D eigenvalue weighted by atomic mass is 9.89. The van der Waals surface area contributed by atoms with Gasteiger partial charge < -0.3 is 10.6 Å². The zero-order valence-electron chi connectivity index (χ0n) is 12.3. The minimum absolute atomic E-state index is 0.0652. The van der Waals surface area contributed by atoms with Crippen LogP contribution in [0.1, 0.15) is 24.8 Å². The highest BCUT2D eigenvalue weighted by atomic mass is 16.2. The SMILES string of the molecule is C[C@@H](Cn1cccn1)NC(=O)[C@@H]1CC(=O)Nc2ccccc21. The number of benzene rings is 1. The Kier molecular flexibility index (Phi) is 3.91. The summed E-state index contributed by atoms with van der Waals surface area (Å²) in [5.41, 5.74) is 1.59. The number of hydrogen-bond acceptors (Lipinski definition) is 3. The summed E-state index contributed by atoms with van der Waals surface area (Å²) in [5, 5.41) is 9.90. The van der Waals surface area contributed by atoms with E-state index in [2.05, 4.69) is 15.7 Å². The van der Waals surface area contributed by atoms with E-state index in [0.29, 0.717) is 6.54 Å². The van der Waals surface area contributed by atoms with Gasteiger partial charge in [0.05, 0.1) is 12.5 Å². The molecule has 3 rings (SSSR count). The molecule has 1 aromatic heterocycles. The predicted molar refractivity (Wildman–Crippen MR) is 82.3 cm³/mol. The van der Waals surface area contributed by atoms with Crippen LogP contribution in [0.3, 0.4) is 0 Å². The van der Waals surface area contributed by atoms with E-state index < -0.39 is 5.92 Å². The first-order valence-electron chi connectivity index (χ1n) is 7.30. The maximum atomic E-state index is 12.5. The number of para-hydroxylation sites is 1. The Morgan fingerprint density at radius 1 is 1.45 bits per heavy atom. The van der Waals surface area contributed by atoms with Crippen molar-refractivity contribution in [2.75, 3.05) is 5.32 Å². The minimum Gasteiger partial charge on any atom is -0.351 e. The van der Waals surface area contributed by atoms with E-state index >= 15 is 0 Å². The molecule has 0 fully saturated rings. The lowest BCUT2D eigenvalue weighted by Gasteiger charge is -2.26. The van der Waals surface area contributed by atoms with Crippen molar-refractivity contribution >= 4 is 17.5 Å². The van der Waals surface area contributed by atoms with Crippen LogP contribution in [-0.2, 0) is 16.1 Å². The molecule has 0 unspecified atom stereocenters. The summed E-state index contributed by atoms with van der Waals surface area (Å²) in [7, 11) is 0. The first-order valence-corrected chi connectivity index (χ1v) is 7.30. The second-order valence-corrected chi connectivity index (χ2v) is 5.53. The van der Waals surface area contributed by atoms with Crippen LogP contribution in [0, 0.1) is 0 Å². The van der Waals surface area contributed by atoms with Crippen LogP contribution < -0.4 is 10.6 Å². The third-order valence-electron chi connectivity index (χ3n) is 3.73. The number of nitrogens with one attached hydrogen (secondary N) is 2. The van der Waals surface area contributed by atoms with Crippen LogP contribution in [0.5, 0.6) is 0 Å². The van der Waals surface area contributed by atoms with Gasteiger partial charge in [-0.2, -0.15) is 5.10 Å². The molecule has 2 atom stereocenters. The molecule has 1 aromatic carbocycles. The second kappa shape index (κ2) is 6.01. The van der Waals surface area contributed by atoms with Crippen molar-refractivity contribution in [2.24, 2.45) is 0 Å². The van der Waals surface area contributed by atoms with Gasteiger partial charge in [-0.05, 0) is 24.6 Å². The fraction of sp³-hybridized carbons (Fsp3) is 0.312. The summed E-state index contributed by atoms with van der Waals surface area (Å²) in [4.78, 5) is 24.3. The Hall–Kier alpha value is -2.63. The third-order valence-corrected chi connectivity index (χ3v) is 3.73. The number of carbonyl (C=O) groups is 2. The summed E-state index contributed by atoms with van der Waals surface area (Å²) >= 11 is 0. The van der Waals surface area contributed by atoms with Gasteiger partial charge in [0.25, 0.3) is 0 Å². The summed E-state index contributed by atoms with van der Waals surface area (Å²) < 4.78 is 1.77. The summed E-state index contributed by atoms with van der Waals surface area (Å²) in [6.07, 6.45) is 3.74. The van der Waals surface area contributed by atoms with E-state index in [4.69, 9.17) is 0 Å². The topological polar surface area (TPSA) is 76.0 Å². The van der Waals surface area contributed by atoms with Gasteiger partial charge in [-0.25, -0.2) is 0 Å². The average Bonchev–Trinajstić information content (AvgIpc) is 2.98. The molecule has 0 bridgehead atoms. The van der Waals surface area contributed by atoms with Crippen LogP contribution >= 0.6 is 0 Å². The van der Waals surface area contributed by atoms with E-state index in [1.165, 1.54) is 0 Å². The van der Waals surface area contributed by atoms with Crippen molar-refractivity contribution in [3.8, 4) is 0 Å². The maximum absolute atomic E-state index is 12.5. The Morgan fingerprint density at radius 2 is 2.27 bits per heavy atom. The van der Waals surface area contributed by atoms with Crippen LogP contribution in [0.25, 0.3) is 0 Å². The molecule has 0 aliphatic carbocycles. The highest BCUT2D eigenvalue weighted by Crippen LogP contribution is 2.32. The quantitative estimate of drug-likeness (QED) is 0.898. The van der Waals surface area contributed by atoms with Gasteiger partial charge in [0, 0.05) is 30.5 Å². The average molecular weight is 298 g/mol. The first kappa shape index (κ1) is 14.3. The number of carbonyl (C=O) groups excluding carboxylic acids is 2. The van der Waals surface area contributed by atoms with E-state index in [9.17, 15) is 9.59 Å². The number of fused-ring (bicyclic) bond motifs is 1. The molecule has 1 aliphatic heterocycles. The fourth-order valence-corrected chi connectivity index (χ4v) is 2.72. The molecule has 6 nitrogen and oxygen atoms in total. The number of amides is 2. The summed E-state index contributed by atoms with van der Waals surface area (Å²) in [5.74, 6) is -0.689. The minimum atomic E-state index is -0.440. The normalized spacial score (nSPS) is 18.2. The number of nitrogens with zero attached hydrogens (tertiary/aromatic N) is 2. The maximum Gasteiger partial charge on any atom is 0.228 e. The highest BCUT2D eigenvalue weighted by Gasteiger charge is 2.30. The zero-order chi connectivity index (χ0) is 15.5. The van der Waals surface area contributed by atoms with E-state index in [1.807, 2.05) is 43.5 Å². The number of rotatable bonds is 4. The molecule has 6 heteroatoms. The molecule has 0 spiro atoms. The summed E-state index contributed by atoms with van der Waals surface area (Å²) in [6.45, 7) is 2.52. The van der Waals surface area contributed by atoms with Crippen molar-refractivity contribution in [1.29, 1.82) is 0 Å². The lowest BCUT2D eigenvalue weighted by molar-refractivity contribution is -0.126. The van der Waals surface area contributed by atoms with Gasteiger partial charge in [0.2, 0.25) is 11.8 Å². The largest absolute Gasteiger partial charge is 0.351 e. The van der Waals surface area contributed by atoms with Crippen LogP contribution in [0.2, 0.25) is 0 Å². The van der Waals surface area contributed by atoms with Gasteiger partial charge >= 0.3 is 0 Å². The van der Waals surface area contributed by atoms with Crippen molar-refractivity contribution in [1.82, 2.24) is 15.1 Å². The molecule has 0 saturated heterocycles. The monoisotopic (exact) mass is 298 g/mol. The Bertz CT molecular complexity index is 681. The van der Waals surface area contributed by atoms with E-state index in [0.717, 1.165) is 11.3 Å². The van der Waals surface area contributed by atoms with E-state index in [-0.39, 0.29) is 24.3 Å². The zero-order valence-corrected chi connectivity index (χ0v) is 12.3. The van der Waals surface area contributed by atoms with Crippen LogP contribution in [0.15, 0.2) is 42.7 Å². The van der Waals surface area contributed by atoms with Crippen molar-refractivity contribution in [3.05, 3.63) is 48.3 Å². The molecule has 2 aromatic rings. The fourth-order valence-electron chi connectivity index (χ4n) is 2.72. The first-order chi connectivity index (χ1) is 10.6. The second-order valence-electron chi connectivity index (χ2n) is 5.53. The van der Waals surface area contributed by atoms with Gasteiger partial charge in [0.15, 0.2) is 0 Å². The van der Waals surface area contributed by atoms with Gasteiger partial charge in [0.1, 0.15) is 0 Å². The standard InChI is InChI=1S/C16H18N4O2/c1-11(10-20-8-4-7-17-20)18-16(22)13-9-15(21)19-14-6-3-2-5-12(13)14/h2-8,11,13H,9-10H2,1H3,(H,18,22)(H,19,21)/t11-,13+/m0/s1. The molecule has 0 radical (unpaired) electrons. The highest BCUT2D eigenvalue weighted by molar-refractivity contribution is 6.01. The van der Waals surface area contributed by atoms with Crippen molar-refractivity contribution < 1.29 is 9.59 Å². The Balaban J connectivity index is 1.71. The predicted octanol–water partition coefficient (Wildman–Crippen LogP) is 1.51. The number of anilines is 1. The van der Waals surface area contributed by atoms with Crippen LogP contribution in [0.4, 0.5) is 5.69 Å². The lowest BCUT2D eigenvalue weighted by Crippen LogP contribution is -2.41.